The van der Waals surface area contributed by atoms with Gasteiger partial charge in [-0.3, -0.25) is 0 Å². The van der Waals surface area contributed by atoms with Crippen molar-refractivity contribution in [3.8, 4) is 16.8 Å². The van der Waals surface area contributed by atoms with Crippen molar-refractivity contribution in [3.05, 3.63) is 72.1 Å². The lowest BCUT2D eigenvalue weighted by atomic mass is 9.96. The van der Waals surface area contributed by atoms with Crippen molar-refractivity contribution >= 4 is 0 Å². The summed E-state index contributed by atoms with van der Waals surface area (Å²) >= 11 is 0. The van der Waals surface area contributed by atoms with Crippen LogP contribution in [0.1, 0.15) is 15.2 Å². The molecule has 0 atom stereocenters. The highest BCUT2D eigenvalue weighted by Gasteiger charge is 2.12. The summed E-state index contributed by atoms with van der Waals surface area (Å²) in [5.74, 6) is 0. The van der Waals surface area contributed by atoms with Crippen molar-refractivity contribution in [1.82, 2.24) is 4.68 Å². The van der Waals surface area contributed by atoms with E-state index in [1.54, 1.807) is 12.1 Å². The summed E-state index contributed by atoms with van der Waals surface area (Å²) in [7, 11) is 1.97. The van der Waals surface area contributed by atoms with Crippen molar-refractivity contribution < 1.29 is 8.79 Å². The number of nitrogens with zero attached hydrogens (tertiary/aromatic N) is 2. The molecule has 100 valence electrons. The predicted molar refractivity (Wildman–Crippen MR) is 81.9 cm³/mol. The zero-order valence-corrected chi connectivity index (χ0v) is 11.7. The van der Waals surface area contributed by atoms with Crippen LogP contribution in [0.25, 0.3) is 16.8 Å². The van der Waals surface area contributed by atoms with Gasteiger partial charge in [-0.05, 0) is 42.1 Å². The topological polar surface area (TPSA) is 8.81 Å². The lowest BCUT2D eigenvalue weighted by Gasteiger charge is -2.12. The molecule has 0 N–H and O–H groups in total. The van der Waals surface area contributed by atoms with Crippen molar-refractivity contribution in [2.45, 2.75) is 13.8 Å². The molecule has 2 heteroatoms. The third-order valence-corrected chi connectivity index (χ3v) is 3.64. The Bertz CT molecular complexity index is 847. The van der Waals surface area contributed by atoms with Gasteiger partial charge in [-0.1, -0.05) is 36.4 Å². The van der Waals surface area contributed by atoms with E-state index in [0.29, 0.717) is 5.56 Å². The third kappa shape index (κ3) is 2.03. The molecular formula is C18H19N2+. The largest absolute Gasteiger partial charge is 0.195 e. The SMILES string of the molecule is [2H]C([2H])([2H])c1ccccc1-c1cccc(-n2ccc[n+]2C)c1C. The molecule has 0 aliphatic carbocycles. The summed E-state index contributed by atoms with van der Waals surface area (Å²) in [6.07, 6.45) is 3.96. The average molecular weight is 266 g/mol. The molecule has 0 saturated carbocycles. The summed E-state index contributed by atoms with van der Waals surface area (Å²) in [6, 6.07) is 15.2. The second-order valence-corrected chi connectivity index (χ2v) is 4.90. The van der Waals surface area contributed by atoms with E-state index in [1.165, 1.54) is 0 Å². The van der Waals surface area contributed by atoms with Crippen LogP contribution in [-0.4, -0.2) is 4.68 Å². The first-order valence-corrected chi connectivity index (χ1v) is 6.63. The maximum absolute atomic E-state index is 7.78. The van der Waals surface area contributed by atoms with Gasteiger partial charge in [0, 0.05) is 10.2 Å². The molecule has 3 aromatic rings. The van der Waals surface area contributed by atoms with E-state index in [4.69, 9.17) is 4.11 Å². The number of rotatable bonds is 2. The van der Waals surface area contributed by atoms with Crippen LogP contribution in [0.5, 0.6) is 0 Å². The van der Waals surface area contributed by atoms with E-state index in [1.807, 2.05) is 72.1 Å². The number of benzene rings is 2. The molecule has 2 aromatic carbocycles. The molecule has 0 unspecified atom stereocenters. The first-order valence-electron chi connectivity index (χ1n) is 8.13. The van der Waals surface area contributed by atoms with E-state index in [2.05, 4.69) is 0 Å². The zero-order valence-electron chi connectivity index (χ0n) is 14.7. The quantitative estimate of drug-likeness (QED) is 0.627. The Morgan fingerprint density at radius 1 is 1.00 bits per heavy atom. The van der Waals surface area contributed by atoms with Crippen LogP contribution in [0.2, 0.25) is 0 Å². The highest BCUT2D eigenvalue weighted by molar-refractivity contribution is 5.73. The van der Waals surface area contributed by atoms with Crippen molar-refractivity contribution in [3.63, 3.8) is 0 Å². The van der Waals surface area contributed by atoms with Crippen LogP contribution in [0.3, 0.4) is 0 Å². The fourth-order valence-electron chi connectivity index (χ4n) is 2.55. The molecule has 1 heterocycles. The Hall–Kier alpha value is -2.35. The predicted octanol–water partition coefficient (Wildman–Crippen LogP) is 3.59. The van der Waals surface area contributed by atoms with E-state index in [9.17, 15) is 0 Å². The molecular weight excluding hydrogens is 244 g/mol. The minimum Gasteiger partial charge on any atom is -0.128 e. The van der Waals surface area contributed by atoms with Gasteiger partial charge in [-0.2, -0.15) is 0 Å². The van der Waals surface area contributed by atoms with Gasteiger partial charge in [0.2, 0.25) is 0 Å². The molecule has 0 aliphatic heterocycles. The van der Waals surface area contributed by atoms with E-state index < -0.39 is 6.85 Å². The minimum absolute atomic E-state index is 0.386. The number of hydrogen-bond acceptors (Lipinski definition) is 0. The van der Waals surface area contributed by atoms with E-state index >= 15 is 0 Å². The Morgan fingerprint density at radius 3 is 2.55 bits per heavy atom. The van der Waals surface area contributed by atoms with Crippen LogP contribution < -0.4 is 4.68 Å². The molecule has 0 amide bonds. The smallest absolute Gasteiger partial charge is 0.128 e. The second kappa shape index (κ2) is 4.97. The Kier molecular flexibility index (Phi) is 2.37. The van der Waals surface area contributed by atoms with Crippen molar-refractivity contribution in [1.29, 1.82) is 0 Å². The first kappa shape index (κ1) is 9.54. The summed E-state index contributed by atoms with van der Waals surface area (Å²) in [5, 5.41) is 0. The van der Waals surface area contributed by atoms with E-state index in [-0.39, 0.29) is 0 Å². The highest BCUT2D eigenvalue weighted by Crippen LogP contribution is 2.29. The molecule has 20 heavy (non-hydrogen) atoms. The Morgan fingerprint density at radius 2 is 1.80 bits per heavy atom. The zero-order chi connectivity index (χ0) is 16.6. The first-order chi connectivity index (χ1) is 10.9. The Labute approximate surface area is 124 Å². The van der Waals surface area contributed by atoms with Gasteiger partial charge in [-0.15, -0.1) is 9.36 Å². The normalized spacial score (nSPS) is 13.6. The monoisotopic (exact) mass is 266 g/mol. The molecule has 0 fully saturated rings. The van der Waals surface area contributed by atoms with Crippen LogP contribution in [0.4, 0.5) is 0 Å². The van der Waals surface area contributed by atoms with Gasteiger partial charge in [0.1, 0.15) is 5.69 Å². The number of aryl methyl sites for hydroxylation is 2. The Balaban J connectivity index is 2.22. The van der Waals surface area contributed by atoms with Gasteiger partial charge < -0.3 is 0 Å². The fourth-order valence-corrected chi connectivity index (χ4v) is 2.55. The van der Waals surface area contributed by atoms with Crippen LogP contribution >= 0.6 is 0 Å². The standard InChI is InChI=1S/C18H19N2/c1-14-8-4-5-9-16(14)17-10-6-11-18(15(17)2)20-13-7-12-19(20)3/h4-13H,1-3H3/q+1/i1D3. The summed E-state index contributed by atoms with van der Waals surface area (Å²) < 4.78 is 27.4. The van der Waals surface area contributed by atoms with Gasteiger partial charge in [0.25, 0.3) is 0 Å². The van der Waals surface area contributed by atoms with E-state index in [0.717, 1.165) is 22.4 Å². The fraction of sp³-hybridized carbons (Fsp3) is 0.167. The van der Waals surface area contributed by atoms with Gasteiger partial charge in [0.05, 0.1) is 6.20 Å². The van der Waals surface area contributed by atoms with Crippen molar-refractivity contribution in [2.24, 2.45) is 7.05 Å². The molecule has 0 spiro atoms. The number of hydrogen-bond donors (Lipinski definition) is 0. The molecule has 2 nitrogen and oxygen atoms in total. The summed E-state index contributed by atoms with van der Waals surface area (Å²) in [5.41, 5.74) is 4.19. The van der Waals surface area contributed by atoms with Gasteiger partial charge >= 0.3 is 0 Å². The van der Waals surface area contributed by atoms with Crippen LogP contribution in [0, 0.1) is 13.8 Å². The third-order valence-electron chi connectivity index (χ3n) is 3.64. The van der Waals surface area contributed by atoms with Crippen molar-refractivity contribution in [2.75, 3.05) is 0 Å². The summed E-state index contributed by atoms with van der Waals surface area (Å²) in [6.45, 7) is -0.0991. The van der Waals surface area contributed by atoms with Gasteiger partial charge in [0.15, 0.2) is 13.2 Å². The maximum Gasteiger partial charge on any atom is 0.195 e. The molecule has 0 bridgehead atoms. The second-order valence-electron chi connectivity index (χ2n) is 4.90. The molecule has 1 aromatic heterocycles. The molecule has 0 radical (unpaired) electrons. The van der Waals surface area contributed by atoms with Gasteiger partial charge in [-0.25, -0.2) is 0 Å². The minimum atomic E-state index is -2.13. The molecule has 0 saturated heterocycles. The highest BCUT2D eigenvalue weighted by atomic mass is 15.4. The lowest BCUT2D eigenvalue weighted by Crippen LogP contribution is -2.37. The number of aromatic nitrogens is 2. The average Bonchev–Trinajstić information content (AvgIpc) is 2.93. The van der Waals surface area contributed by atoms with Crippen LogP contribution in [-0.2, 0) is 7.05 Å². The molecule has 3 rings (SSSR count). The lowest BCUT2D eigenvalue weighted by molar-refractivity contribution is -0.744. The van der Waals surface area contributed by atoms with Crippen LogP contribution in [0.15, 0.2) is 60.9 Å². The molecule has 0 aliphatic rings. The summed E-state index contributed by atoms with van der Waals surface area (Å²) in [4.78, 5) is 0. The maximum atomic E-state index is 7.78.